The van der Waals surface area contributed by atoms with Crippen molar-refractivity contribution in [3.8, 4) is 0 Å². The molecule has 0 amide bonds. The quantitative estimate of drug-likeness (QED) is 0.775. The van der Waals surface area contributed by atoms with E-state index in [4.69, 9.17) is 0 Å². The fourth-order valence-corrected chi connectivity index (χ4v) is 2.77. The molecule has 0 aliphatic heterocycles. The average molecular weight is 294 g/mol. The number of hydrogen-bond acceptors (Lipinski definition) is 1. The van der Waals surface area contributed by atoms with Gasteiger partial charge in [0.1, 0.15) is 5.82 Å². The first-order valence-corrected chi connectivity index (χ1v) is 7.10. The fraction of sp³-hybridized carbons (Fsp3) is 0.105. The van der Waals surface area contributed by atoms with E-state index >= 15 is 0 Å². The summed E-state index contributed by atoms with van der Waals surface area (Å²) >= 11 is 0. The van der Waals surface area contributed by atoms with E-state index in [0.717, 1.165) is 10.8 Å². The molecule has 3 aromatic rings. The van der Waals surface area contributed by atoms with E-state index in [2.05, 4.69) is 0 Å². The molecule has 22 heavy (non-hydrogen) atoms. The van der Waals surface area contributed by atoms with Crippen molar-refractivity contribution in [1.29, 1.82) is 0 Å². The number of carbonyl (C=O) groups is 1. The molecule has 1 unspecified atom stereocenters. The summed E-state index contributed by atoms with van der Waals surface area (Å²) < 4.78 is 13.9. The number of aliphatic carboxylic acids is 1. The molecule has 0 saturated heterocycles. The van der Waals surface area contributed by atoms with Gasteiger partial charge >= 0.3 is 5.97 Å². The van der Waals surface area contributed by atoms with Gasteiger partial charge in [0.2, 0.25) is 0 Å². The Labute approximate surface area is 127 Å². The molecule has 0 aromatic heterocycles. The van der Waals surface area contributed by atoms with Gasteiger partial charge < -0.3 is 5.11 Å². The summed E-state index contributed by atoms with van der Waals surface area (Å²) in [5.41, 5.74) is 1.14. The molecule has 110 valence electrons. The maximum Gasteiger partial charge on any atom is 0.311 e. The highest BCUT2D eigenvalue weighted by atomic mass is 19.1. The smallest absolute Gasteiger partial charge is 0.311 e. The number of hydrogen-bond donors (Lipinski definition) is 1. The van der Waals surface area contributed by atoms with Crippen molar-refractivity contribution in [3.05, 3.63) is 83.7 Å². The van der Waals surface area contributed by atoms with E-state index in [-0.39, 0.29) is 12.2 Å². The monoisotopic (exact) mass is 294 g/mol. The van der Waals surface area contributed by atoms with Crippen LogP contribution in [0.1, 0.15) is 17.0 Å². The van der Waals surface area contributed by atoms with Gasteiger partial charge in [0.25, 0.3) is 0 Å². The van der Waals surface area contributed by atoms with Gasteiger partial charge in [0, 0.05) is 0 Å². The zero-order chi connectivity index (χ0) is 15.5. The van der Waals surface area contributed by atoms with E-state index in [1.807, 2.05) is 42.5 Å². The summed E-state index contributed by atoms with van der Waals surface area (Å²) in [6.07, 6.45) is 0.135. The van der Waals surface area contributed by atoms with Crippen LogP contribution >= 0.6 is 0 Å². The van der Waals surface area contributed by atoms with Crippen LogP contribution < -0.4 is 0 Å². The lowest BCUT2D eigenvalue weighted by Crippen LogP contribution is -2.15. The van der Waals surface area contributed by atoms with Crippen molar-refractivity contribution in [2.75, 3.05) is 0 Å². The van der Waals surface area contributed by atoms with E-state index in [1.54, 1.807) is 18.2 Å². The third-order valence-corrected chi connectivity index (χ3v) is 3.88. The minimum absolute atomic E-state index is 0.135. The Balaban J connectivity index is 2.08. The molecule has 0 aliphatic rings. The zero-order valence-electron chi connectivity index (χ0n) is 11.9. The van der Waals surface area contributed by atoms with Crippen LogP contribution in [0.3, 0.4) is 0 Å². The molecule has 1 N–H and O–H groups in total. The molecule has 0 aliphatic carbocycles. The first-order valence-electron chi connectivity index (χ1n) is 7.10. The summed E-state index contributed by atoms with van der Waals surface area (Å²) in [6.45, 7) is 0. The van der Waals surface area contributed by atoms with Crippen molar-refractivity contribution in [3.63, 3.8) is 0 Å². The Bertz CT molecular complexity index is 821. The summed E-state index contributed by atoms with van der Waals surface area (Å²) in [5.74, 6) is -2.09. The minimum atomic E-state index is -0.945. The van der Waals surface area contributed by atoms with Crippen LogP contribution in [0.15, 0.2) is 66.7 Å². The predicted octanol–water partition coefficient (Wildman–Crippen LogP) is 4.39. The molecule has 0 bridgehead atoms. The lowest BCUT2D eigenvalue weighted by Gasteiger charge is -2.16. The first-order chi connectivity index (χ1) is 10.7. The van der Waals surface area contributed by atoms with Gasteiger partial charge in [0.15, 0.2) is 0 Å². The third kappa shape index (κ3) is 2.70. The highest BCUT2D eigenvalue weighted by Crippen LogP contribution is 2.29. The zero-order valence-corrected chi connectivity index (χ0v) is 11.9. The van der Waals surface area contributed by atoms with Crippen molar-refractivity contribution >= 4 is 16.7 Å². The number of carboxylic acid groups (broad SMARTS) is 1. The van der Waals surface area contributed by atoms with E-state index in [1.165, 1.54) is 6.07 Å². The van der Waals surface area contributed by atoms with Crippen LogP contribution in [-0.4, -0.2) is 11.1 Å². The predicted molar refractivity (Wildman–Crippen MR) is 84.4 cm³/mol. The van der Waals surface area contributed by atoms with Gasteiger partial charge in [0.05, 0.1) is 5.92 Å². The van der Waals surface area contributed by atoms with Gasteiger partial charge in [-0.05, 0) is 34.4 Å². The van der Waals surface area contributed by atoms with Crippen LogP contribution in [0, 0.1) is 5.82 Å². The van der Waals surface area contributed by atoms with E-state index < -0.39 is 11.9 Å². The number of fused-ring (bicyclic) bond motifs is 1. The molecular weight excluding hydrogens is 279 g/mol. The Morgan fingerprint density at radius 1 is 0.955 bits per heavy atom. The van der Waals surface area contributed by atoms with E-state index in [9.17, 15) is 14.3 Å². The van der Waals surface area contributed by atoms with Gasteiger partial charge in [-0.2, -0.15) is 0 Å². The Kier molecular flexibility index (Phi) is 3.88. The lowest BCUT2D eigenvalue weighted by atomic mass is 9.88. The second-order valence-electron chi connectivity index (χ2n) is 5.25. The summed E-state index contributed by atoms with van der Waals surface area (Å²) in [5, 5.41) is 11.5. The fourth-order valence-electron chi connectivity index (χ4n) is 2.77. The molecule has 3 heteroatoms. The van der Waals surface area contributed by atoms with Crippen molar-refractivity contribution in [1.82, 2.24) is 0 Å². The lowest BCUT2D eigenvalue weighted by molar-refractivity contribution is -0.138. The minimum Gasteiger partial charge on any atom is -0.481 e. The highest BCUT2D eigenvalue weighted by molar-refractivity contribution is 5.90. The normalized spacial score (nSPS) is 12.2. The van der Waals surface area contributed by atoms with Gasteiger partial charge in [-0.3, -0.25) is 4.79 Å². The second-order valence-corrected chi connectivity index (χ2v) is 5.25. The van der Waals surface area contributed by atoms with Crippen LogP contribution in [0.4, 0.5) is 4.39 Å². The van der Waals surface area contributed by atoms with Gasteiger partial charge in [-0.15, -0.1) is 0 Å². The number of benzene rings is 3. The Morgan fingerprint density at radius 2 is 1.64 bits per heavy atom. The number of rotatable bonds is 4. The topological polar surface area (TPSA) is 37.3 Å². The molecule has 1 atom stereocenters. The summed E-state index contributed by atoms with van der Waals surface area (Å²) in [4.78, 5) is 11.7. The Morgan fingerprint density at radius 3 is 2.41 bits per heavy atom. The summed E-state index contributed by atoms with van der Waals surface area (Å²) in [7, 11) is 0. The number of carboxylic acids is 1. The second kappa shape index (κ2) is 5.98. The molecule has 2 nitrogen and oxygen atoms in total. The highest BCUT2D eigenvalue weighted by Gasteiger charge is 2.23. The number of halogens is 1. The van der Waals surface area contributed by atoms with Crippen LogP contribution in [-0.2, 0) is 11.2 Å². The molecule has 0 saturated carbocycles. The first kappa shape index (κ1) is 14.3. The van der Waals surface area contributed by atoms with Crippen LogP contribution in [0.2, 0.25) is 0 Å². The SMILES string of the molecule is O=C(O)C(Cc1ccccc1F)c1cccc2ccccc12. The average Bonchev–Trinajstić information content (AvgIpc) is 2.53. The molecule has 3 aromatic carbocycles. The molecular formula is C19H15FO2. The van der Waals surface area contributed by atoms with Gasteiger partial charge in [-0.1, -0.05) is 60.7 Å². The molecule has 0 radical (unpaired) electrons. The third-order valence-electron chi connectivity index (χ3n) is 3.88. The van der Waals surface area contributed by atoms with Crippen LogP contribution in [0.5, 0.6) is 0 Å². The van der Waals surface area contributed by atoms with Gasteiger partial charge in [-0.25, -0.2) is 4.39 Å². The van der Waals surface area contributed by atoms with Crippen molar-refractivity contribution in [2.24, 2.45) is 0 Å². The molecule has 0 spiro atoms. The largest absolute Gasteiger partial charge is 0.481 e. The van der Waals surface area contributed by atoms with Crippen molar-refractivity contribution < 1.29 is 14.3 Å². The standard InChI is InChI=1S/C19H15FO2/c20-18-11-4-2-7-14(18)12-17(19(21)22)16-10-5-8-13-6-1-3-9-15(13)16/h1-11,17H,12H2,(H,21,22). The molecule has 0 heterocycles. The maximum atomic E-state index is 13.9. The Hall–Kier alpha value is -2.68. The maximum absolute atomic E-state index is 13.9. The van der Waals surface area contributed by atoms with E-state index in [0.29, 0.717) is 11.1 Å². The summed E-state index contributed by atoms with van der Waals surface area (Å²) in [6, 6.07) is 19.6. The molecule has 0 fully saturated rings. The van der Waals surface area contributed by atoms with Crippen LogP contribution in [0.25, 0.3) is 10.8 Å². The molecule has 3 rings (SSSR count). The van der Waals surface area contributed by atoms with Crippen molar-refractivity contribution in [2.45, 2.75) is 12.3 Å².